The van der Waals surface area contributed by atoms with Crippen molar-refractivity contribution in [2.45, 2.75) is 26.4 Å². The molecular formula is C12H15NO2. The minimum Gasteiger partial charge on any atom is -0.438 e. The molecule has 15 heavy (non-hydrogen) atoms. The Morgan fingerprint density at radius 2 is 2.13 bits per heavy atom. The summed E-state index contributed by atoms with van der Waals surface area (Å²) in [6.45, 7) is 4.02. The standard InChI is InChI=1S/C12H15NO2/c1-3-8(2)11(14)12-13-9-6-4-5-7-10(9)15-12/h4-8,11,14H,3H2,1-2H3. The molecule has 80 valence electrons. The largest absolute Gasteiger partial charge is 0.438 e. The van der Waals surface area contributed by atoms with E-state index in [0.29, 0.717) is 5.89 Å². The molecule has 0 aliphatic carbocycles. The lowest BCUT2D eigenvalue weighted by molar-refractivity contribution is 0.0887. The monoisotopic (exact) mass is 205 g/mol. The summed E-state index contributed by atoms with van der Waals surface area (Å²) in [5, 5.41) is 9.93. The topological polar surface area (TPSA) is 46.3 Å². The van der Waals surface area contributed by atoms with E-state index in [1.807, 2.05) is 38.1 Å². The SMILES string of the molecule is CCC(C)C(O)c1nc2ccccc2o1. The Kier molecular flexibility index (Phi) is 2.73. The fourth-order valence-electron chi connectivity index (χ4n) is 1.48. The number of hydrogen-bond acceptors (Lipinski definition) is 3. The summed E-state index contributed by atoms with van der Waals surface area (Å²) in [6.07, 6.45) is 0.294. The highest BCUT2D eigenvalue weighted by molar-refractivity contribution is 5.72. The van der Waals surface area contributed by atoms with Crippen molar-refractivity contribution in [1.82, 2.24) is 4.98 Å². The quantitative estimate of drug-likeness (QED) is 0.838. The van der Waals surface area contributed by atoms with Gasteiger partial charge in [0.15, 0.2) is 5.58 Å². The number of benzene rings is 1. The molecule has 3 heteroatoms. The van der Waals surface area contributed by atoms with Crippen LogP contribution in [0.2, 0.25) is 0 Å². The predicted octanol–water partition coefficient (Wildman–Crippen LogP) is 2.91. The van der Waals surface area contributed by atoms with Crippen molar-refractivity contribution in [3.63, 3.8) is 0 Å². The van der Waals surface area contributed by atoms with Gasteiger partial charge in [0.1, 0.15) is 11.6 Å². The molecule has 2 aromatic rings. The summed E-state index contributed by atoms with van der Waals surface area (Å²) in [5.74, 6) is 0.587. The highest BCUT2D eigenvalue weighted by atomic mass is 16.4. The predicted molar refractivity (Wildman–Crippen MR) is 58.4 cm³/mol. The first-order valence-electron chi connectivity index (χ1n) is 5.26. The summed E-state index contributed by atoms with van der Waals surface area (Å²) < 4.78 is 5.49. The van der Waals surface area contributed by atoms with Crippen LogP contribution in [0.5, 0.6) is 0 Å². The molecule has 1 N–H and O–H groups in total. The molecule has 0 aliphatic heterocycles. The summed E-state index contributed by atoms with van der Waals surface area (Å²) in [4.78, 5) is 4.26. The molecule has 2 atom stereocenters. The minimum absolute atomic E-state index is 0.165. The number of hydrogen-bond donors (Lipinski definition) is 1. The van der Waals surface area contributed by atoms with Crippen LogP contribution in [0.15, 0.2) is 28.7 Å². The van der Waals surface area contributed by atoms with Crippen LogP contribution >= 0.6 is 0 Å². The minimum atomic E-state index is -0.609. The molecular weight excluding hydrogens is 190 g/mol. The first-order chi connectivity index (χ1) is 7.22. The Labute approximate surface area is 88.7 Å². The lowest BCUT2D eigenvalue weighted by Gasteiger charge is -2.12. The molecule has 0 saturated carbocycles. The van der Waals surface area contributed by atoms with Gasteiger partial charge in [-0.3, -0.25) is 0 Å². The van der Waals surface area contributed by atoms with Crippen molar-refractivity contribution in [1.29, 1.82) is 0 Å². The number of aliphatic hydroxyl groups excluding tert-OH is 1. The van der Waals surface area contributed by atoms with Gasteiger partial charge in [0, 0.05) is 0 Å². The molecule has 2 rings (SSSR count). The normalized spacial score (nSPS) is 15.4. The first-order valence-corrected chi connectivity index (χ1v) is 5.26. The molecule has 0 bridgehead atoms. The van der Waals surface area contributed by atoms with Crippen molar-refractivity contribution < 1.29 is 9.52 Å². The highest BCUT2D eigenvalue weighted by Crippen LogP contribution is 2.26. The summed E-state index contributed by atoms with van der Waals surface area (Å²) in [6, 6.07) is 7.54. The van der Waals surface area contributed by atoms with E-state index in [0.717, 1.165) is 17.5 Å². The van der Waals surface area contributed by atoms with E-state index in [1.54, 1.807) is 0 Å². The number of rotatable bonds is 3. The summed E-state index contributed by atoms with van der Waals surface area (Å²) >= 11 is 0. The molecule has 1 heterocycles. The molecule has 1 aromatic heterocycles. The van der Waals surface area contributed by atoms with Crippen molar-refractivity contribution in [3.8, 4) is 0 Å². The third-order valence-electron chi connectivity index (χ3n) is 2.75. The van der Waals surface area contributed by atoms with Crippen LogP contribution in [0.3, 0.4) is 0 Å². The molecule has 0 radical (unpaired) electrons. The molecule has 0 spiro atoms. The van der Waals surface area contributed by atoms with Crippen LogP contribution in [0, 0.1) is 5.92 Å². The van der Waals surface area contributed by atoms with Crippen LogP contribution < -0.4 is 0 Å². The van der Waals surface area contributed by atoms with Gasteiger partial charge >= 0.3 is 0 Å². The average molecular weight is 205 g/mol. The number of aromatic nitrogens is 1. The maximum absolute atomic E-state index is 9.93. The van der Waals surface area contributed by atoms with Gasteiger partial charge in [-0.2, -0.15) is 0 Å². The van der Waals surface area contributed by atoms with Gasteiger partial charge in [-0.25, -0.2) is 4.98 Å². The van der Waals surface area contributed by atoms with Crippen LogP contribution in [-0.2, 0) is 0 Å². The summed E-state index contributed by atoms with van der Waals surface area (Å²) in [5.41, 5.74) is 1.53. The number of fused-ring (bicyclic) bond motifs is 1. The van der Waals surface area contributed by atoms with Gasteiger partial charge in [-0.15, -0.1) is 0 Å². The number of aliphatic hydroxyl groups is 1. The zero-order valence-corrected chi connectivity index (χ0v) is 8.97. The van der Waals surface area contributed by atoms with E-state index in [4.69, 9.17) is 4.42 Å². The van der Waals surface area contributed by atoms with Crippen LogP contribution in [0.4, 0.5) is 0 Å². The molecule has 3 nitrogen and oxygen atoms in total. The maximum Gasteiger partial charge on any atom is 0.224 e. The molecule has 0 saturated heterocycles. The van der Waals surface area contributed by atoms with Crippen LogP contribution in [0.25, 0.3) is 11.1 Å². The summed E-state index contributed by atoms with van der Waals surface area (Å²) in [7, 11) is 0. The first kappa shape index (κ1) is 10.2. The fourth-order valence-corrected chi connectivity index (χ4v) is 1.48. The Bertz CT molecular complexity index is 417. The van der Waals surface area contributed by atoms with E-state index in [1.165, 1.54) is 0 Å². The zero-order valence-electron chi connectivity index (χ0n) is 8.97. The van der Waals surface area contributed by atoms with Crippen LogP contribution in [-0.4, -0.2) is 10.1 Å². The fraction of sp³-hybridized carbons (Fsp3) is 0.417. The Balaban J connectivity index is 2.36. The smallest absolute Gasteiger partial charge is 0.224 e. The molecule has 0 fully saturated rings. The van der Waals surface area contributed by atoms with Gasteiger partial charge in [0.05, 0.1) is 0 Å². The zero-order chi connectivity index (χ0) is 10.8. The van der Waals surface area contributed by atoms with Gasteiger partial charge in [-0.1, -0.05) is 32.4 Å². The van der Waals surface area contributed by atoms with Gasteiger partial charge < -0.3 is 9.52 Å². The molecule has 2 unspecified atom stereocenters. The van der Waals surface area contributed by atoms with E-state index in [2.05, 4.69) is 4.98 Å². The number of oxazole rings is 1. The number of nitrogens with zero attached hydrogens (tertiary/aromatic N) is 1. The highest BCUT2D eigenvalue weighted by Gasteiger charge is 2.20. The second kappa shape index (κ2) is 4.03. The second-order valence-electron chi connectivity index (χ2n) is 3.85. The lowest BCUT2D eigenvalue weighted by Crippen LogP contribution is -2.08. The average Bonchev–Trinajstić information content (AvgIpc) is 2.70. The molecule has 0 aliphatic rings. The maximum atomic E-state index is 9.93. The second-order valence-corrected chi connectivity index (χ2v) is 3.85. The van der Waals surface area contributed by atoms with E-state index in [9.17, 15) is 5.11 Å². The van der Waals surface area contributed by atoms with Crippen molar-refractivity contribution in [3.05, 3.63) is 30.2 Å². The van der Waals surface area contributed by atoms with E-state index >= 15 is 0 Å². The van der Waals surface area contributed by atoms with Gasteiger partial charge in [-0.05, 0) is 18.1 Å². The van der Waals surface area contributed by atoms with E-state index < -0.39 is 6.10 Å². The van der Waals surface area contributed by atoms with Crippen molar-refractivity contribution >= 4 is 11.1 Å². The third-order valence-corrected chi connectivity index (χ3v) is 2.75. The van der Waals surface area contributed by atoms with Gasteiger partial charge in [0.25, 0.3) is 0 Å². The Morgan fingerprint density at radius 1 is 1.40 bits per heavy atom. The lowest BCUT2D eigenvalue weighted by atomic mass is 10.0. The van der Waals surface area contributed by atoms with Crippen LogP contribution in [0.1, 0.15) is 32.3 Å². The third kappa shape index (κ3) is 1.88. The van der Waals surface area contributed by atoms with E-state index in [-0.39, 0.29) is 5.92 Å². The molecule has 0 amide bonds. The van der Waals surface area contributed by atoms with Gasteiger partial charge in [0.2, 0.25) is 5.89 Å². The molecule has 1 aromatic carbocycles. The Morgan fingerprint density at radius 3 is 2.80 bits per heavy atom. The van der Waals surface area contributed by atoms with Crippen molar-refractivity contribution in [2.75, 3.05) is 0 Å². The van der Waals surface area contributed by atoms with Crippen molar-refractivity contribution in [2.24, 2.45) is 5.92 Å². The number of para-hydroxylation sites is 2. The Hall–Kier alpha value is -1.35.